The van der Waals surface area contributed by atoms with Gasteiger partial charge in [0, 0.05) is 12.6 Å². The summed E-state index contributed by atoms with van der Waals surface area (Å²) in [4.78, 5) is 7.30. The molecule has 3 aliphatic rings. The van der Waals surface area contributed by atoms with Gasteiger partial charge >= 0.3 is 0 Å². The minimum absolute atomic E-state index is 0.601. The number of piperidine rings is 3. The van der Waals surface area contributed by atoms with E-state index in [9.17, 15) is 0 Å². The van der Waals surface area contributed by atoms with Crippen LogP contribution in [0.3, 0.4) is 0 Å². The van der Waals surface area contributed by atoms with Crippen LogP contribution in [0, 0.1) is 12.8 Å². The summed E-state index contributed by atoms with van der Waals surface area (Å²) in [5, 5.41) is 4.78. The van der Waals surface area contributed by atoms with E-state index in [0.29, 0.717) is 6.04 Å². The van der Waals surface area contributed by atoms with E-state index in [-0.39, 0.29) is 0 Å². The first-order valence-corrected chi connectivity index (χ1v) is 7.96. The van der Waals surface area contributed by atoms with Crippen molar-refractivity contribution >= 4 is 26.7 Å². The molecule has 1 unspecified atom stereocenters. The van der Waals surface area contributed by atoms with Gasteiger partial charge in [-0.15, -0.1) is 0 Å². The highest BCUT2D eigenvalue weighted by Gasteiger charge is 2.34. The average molecular weight is 273 g/mol. The molecule has 0 saturated carbocycles. The van der Waals surface area contributed by atoms with E-state index in [2.05, 4.69) is 35.3 Å². The Hall–Kier alpha value is -1.13. The van der Waals surface area contributed by atoms with Crippen LogP contribution in [0.25, 0.3) is 10.2 Å². The second-order valence-electron chi connectivity index (χ2n) is 5.88. The molecule has 1 N–H and O–H groups in total. The van der Waals surface area contributed by atoms with Crippen LogP contribution < -0.4 is 5.32 Å². The van der Waals surface area contributed by atoms with Crippen LogP contribution in [-0.4, -0.2) is 35.6 Å². The summed E-state index contributed by atoms with van der Waals surface area (Å²) in [6, 6.07) is 7.10. The zero-order valence-corrected chi connectivity index (χ0v) is 12.0. The lowest BCUT2D eigenvalue weighted by Gasteiger charge is -2.44. The molecular formula is C15H19N3S. The van der Waals surface area contributed by atoms with Crippen LogP contribution in [-0.2, 0) is 0 Å². The standard InChI is InChI=1S/C15H19N3S/c1-10-2-3-12-14(8-10)19-15(16-12)17-13-9-18-6-4-11(13)5-7-18/h2-3,8,11,13H,4-7,9H2,1H3,(H,16,17). The SMILES string of the molecule is Cc1ccc2nc(NC3CN4CCC3CC4)sc2c1. The van der Waals surface area contributed by atoms with E-state index in [1.165, 1.54) is 42.7 Å². The van der Waals surface area contributed by atoms with E-state index < -0.39 is 0 Å². The predicted molar refractivity (Wildman–Crippen MR) is 80.9 cm³/mol. The van der Waals surface area contributed by atoms with E-state index >= 15 is 0 Å². The highest BCUT2D eigenvalue weighted by molar-refractivity contribution is 7.22. The molecule has 1 atom stereocenters. The summed E-state index contributed by atoms with van der Waals surface area (Å²) < 4.78 is 1.30. The molecule has 19 heavy (non-hydrogen) atoms. The third-order valence-electron chi connectivity index (χ3n) is 4.51. The van der Waals surface area contributed by atoms with Crippen LogP contribution in [0.4, 0.5) is 5.13 Å². The Morgan fingerprint density at radius 1 is 1.32 bits per heavy atom. The topological polar surface area (TPSA) is 28.2 Å². The number of nitrogens with zero attached hydrogens (tertiary/aromatic N) is 2. The summed E-state index contributed by atoms with van der Waals surface area (Å²) in [5.41, 5.74) is 2.44. The van der Waals surface area contributed by atoms with Gasteiger partial charge in [0.05, 0.1) is 10.2 Å². The predicted octanol–water partition coefficient (Wildman–Crippen LogP) is 3.11. The zero-order chi connectivity index (χ0) is 12.8. The first kappa shape index (κ1) is 11.7. The van der Waals surface area contributed by atoms with Crippen LogP contribution in [0.1, 0.15) is 18.4 Å². The highest BCUT2D eigenvalue weighted by Crippen LogP contribution is 2.32. The van der Waals surface area contributed by atoms with Crippen LogP contribution >= 0.6 is 11.3 Å². The Morgan fingerprint density at radius 2 is 2.16 bits per heavy atom. The molecule has 100 valence electrons. The maximum absolute atomic E-state index is 4.72. The van der Waals surface area contributed by atoms with Gasteiger partial charge in [0.25, 0.3) is 0 Å². The maximum atomic E-state index is 4.72. The van der Waals surface area contributed by atoms with Crippen molar-refractivity contribution in [3.8, 4) is 0 Å². The molecule has 1 aromatic carbocycles. The summed E-state index contributed by atoms with van der Waals surface area (Å²) in [6.07, 6.45) is 2.70. The van der Waals surface area contributed by atoms with E-state index in [0.717, 1.165) is 16.6 Å². The molecular weight excluding hydrogens is 254 g/mol. The van der Waals surface area contributed by atoms with Crippen molar-refractivity contribution in [1.29, 1.82) is 0 Å². The number of aryl methyl sites for hydroxylation is 1. The van der Waals surface area contributed by atoms with Crippen molar-refractivity contribution in [2.45, 2.75) is 25.8 Å². The fraction of sp³-hybridized carbons (Fsp3) is 0.533. The average Bonchev–Trinajstić information content (AvgIpc) is 2.81. The van der Waals surface area contributed by atoms with Crippen LogP contribution in [0.5, 0.6) is 0 Å². The van der Waals surface area contributed by atoms with Crippen molar-refractivity contribution in [2.75, 3.05) is 25.0 Å². The number of fused-ring (bicyclic) bond motifs is 4. The quantitative estimate of drug-likeness (QED) is 0.911. The zero-order valence-electron chi connectivity index (χ0n) is 11.2. The van der Waals surface area contributed by atoms with E-state index in [1.54, 1.807) is 11.3 Å². The van der Waals surface area contributed by atoms with Gasteiger partial charge in [-0.1, -0.05) is 17.4 Å². The molecule has 3 fully saturated rings. The van der Waals surface area contributed by atoms with E-state index in [1.807, 2.05) is 0 Å². The molecule has 2 bridgehead atoms. The third-order valence-corrected chi connectivity index (χ3v) is 5.46. The number of aromatic nitrogens is 1. The number of rotatable bonds is 2. The Morgan fingerprint density at radius 3 is 2.89 bits per heavy atom. The third kappa shape index (κ3) is 2.13. The smallest absolute Gasteiger partial charge is 0.184 e. The largest absolute Gasteiger partial charge is 0.357 e. The van der Waals surface area contributed by atoms with Gasteiger partial charge in [-0.2, -0.15) is 0 Å². The molecule has 1 aromatic heterocycles. The number of nitrogens with one attached hydrogen (secondary N) is 1. The first-order valence-electron chi connectivity index (χ1n) is 7.14. The minimum atomic E-state index is 0.601. The summed E-state index contributed by atoms with van der Waals surface area (Å²) in [7, 11) is 0. The molecule has 3 aliphatic heterocycles. The van der Waals surface area contributed by atoms with Crippen molar-refractivity contribution in [1.82, 2.24) is 9.88 Å². The Bertz CT molecular complexity index is 598. The molecule has 0 spiro atoms. The number of thiazole rings is 1. The second kappa shape index (κ2) is 4.46. The second-order valence-corrected chi connectivity index (χ2v) is 6.91. The number of hydrogen-bond acceptors (Lipinski definition) is 4. The summed E-state index contributed by atoms with van der Waals surface area (Å²) in [5.74, 6) is 0.846. The molecule has 4 heterocycles. The number of hydrogen-bond donors (Lipinski definition) is 1. The fourth-order valence-electron chi connectivity index (χ4n) is 3.38. The van der Waals surface area contributed by atoms with Gasteiger partial charge in [0.1, 0.15) is 0 Å². The molecule has 0 amide bonds. The normalized spacial score (nSPS) is 29.8. The minimum Gasteiger partial charge on any atom is -0.357 e. The van der Waals surface area contributed by atoms with Crippen molar-refractivity contribution in [3.63, 3.8) is 0 Å². The number of anilines is 1. The monoisotopic (exact) mass is 273 g/mol. The Kier molecular flexibility index (Phi) is 2.74. The maximum Gasteiger partial charge on any atom is 0.184 e. The van der Waals surface area contributed by atoms with Gasteiger partial charge in [-0.3, -0.25) is 0 Å². The number of benzene rings is 1. The van der Waals surface area contributed by atoms with Crippen molar-refractivity contribution in [3.05, 3.63) is 23.8 Å². The summed E-state index contributed by atoms with van der Waals surface area (Å²) >= 11 is 1.79. The van der Waals surface area contributed by atoms with Crippen molar-refractivity contribution in [2.24, 2.45) is 5.92 Å². The first-order chi connectivity index (χ1) is 9.28. The molecule has 0 radical (unpaired) electrons. The molecule has 3 saturated heterocycles. The Labute approximate surface area is 117 Å². The fourth-order valence-corrected chi connectivity index (χ4v) is 4.41. The molecule has 0 aliphatic carbocycles. The molecule has 2 aromatic rings. The lowest BCUT2D eigenvalue weighted by molar-refractivity contribution is 0.0975. The Balaban J connectivity index is 1.58. The molecule has 3 nitrogen and oxygen atoms in total. The van der Waals surface area contributed by atoms with Gasteiger partial charge in [0.15, 0.2) is 5.13 Å². The van der Waals surface area contributed by atoms with Gasteiger partial charge in [-0.25, -0.2) is 4.98 Å². The van der Waals surface area contributed by atoms with Crippen LogP contribution in [0.15, 0.2) is 18.2 Å². The molecule has 4 heteroatoms. The van der Waals surface area contributed by atoms with Gasteiger partial charge in [-0.05, 0) is 56.5 Å². The lowest BCUT2D eigenvalue weighted by Crippen LogP contribution is -2.53. The van der Waals surface area contributed by atoms with Crippen LogP contribution in [0.2, 0.25) is 0 Å². The molecule has 5 rings (SSSR count). The summed E-state index contributed by atoms with van der Waals surface area (Å²) in [6.45, 7) is 5.92. The van der Waals surface area contributed by atoms with Crippen molar-refractivity contribution < 1.29 is 0 Å². The van der Waals surface area contributed by atoms with E-state index in [4.69, 9.17) is 4.98 Å². The lowest BCUT2D eigenvalue weighted by atomic mass is 9.84. The van der Waals surface area contributed by atoms with Gasteiger partial charge < -0.3 is 10.2 Å². The highest BCUT2D eigenvalue weighted by atomic mass is 32.1. The van der Waals surface area contributed by atoms with Gasteiger partial charge in [0.2, 0.25) is 0 Å².